The van der Waals surface area contributed by atoms with E-state index in [1.807, 2.05) is 76.2 Å². The molecular weight excluding hydrogens is 376 g/mol. The average Bonchev–Trinajstić information content (AvgIpc) is 2.75. The number of nitrogens with one attached hydrogen (secondary N) is 2. The lowest BCUT2D eigenvalue weighted by Crippen LogP contribution is -2.24. The summed E-state index contributed by atoms with van der Waals surface area (Å²) in [5, 5.41) is 8.42. The molecule has 6 nitrogen and oxygen atoms in total. The van der Waals surface area contributed by atoms with Crippen molar-refractivity contribution in [3.63, 3.8) is 0 Å². The molecule has 0 unspecified atom stereocenters. The molecule has 0 fully saturated rings. The lowest BCUT2D eigenvalue weighted by molar-refractivity contribution is -0.126. The monoisotopic (exact) mass is 406 g/mol. The highest BCUT2D eigenvalue weighted by molar-refractivity contribution is 6.01. The van der Waals surface area contributed by atoms with Gasteiger partial charge in [-0.05, 0) is 37.8 Å². The first kappa shape index (κ1) is 23.0. The molecule has 2 rings (SSSR count). The maximum atomic E-state index is 12.1. The van der Waals surface area contributed by atoms with Crippen LogP contribution >= 0.6 is 0 Å². The van der Waals surface area contributed by atoms with E-state index in [0.717, 1.165) is 22.6 Å². The van der Waals surface area contributed by atoms with E-state index in [1.54, 1.807) is 0 Å². The highest BCUT2D eigenvalue weighted by atomic mass is 16.2. The van der Waals surface area contributed by atoms with Crippen molar-refractivity contribution >= 4 is 23.2 Å². The molecule has 0 aromatic heterocycles. The summed E-state index contributed by atoms with van der Waals surface area (Å²) in [5.41, 5.74) is 11.0. The molecule has 2 aromatic carbocycles. The molecule has 0 aliphatic heterocycles. The van der Waals surface area contributed by atoms with Crippen LogP contribution in [0.25, 0.3) is 0 Å². The predicted molar refractivity (Wildman–Crippen MR) is 122 cm³/mol. The number of hydrazone groups is 2. The zero-order chi connectivity index (χ0) is 21.9. The Labute approximate surface area is 178 Å². The van der Waals surface area contributed by atoms with E-state index in [2.05, 4.69) is 21.1 Å². The normalized spacial score (nSPS) is 11.9. The maximum absolute atomic E-state index is 12.1. The Morgan fingerprint density at radius 2 is 1.00 bits per heavy atom. The molecule has 0 saturated heterocycles. The van der Waals surface area contributed by atoms with Gasteiger partial charge in [0, 0.05) is 12.8 Å². The molecule has 0 heterocycles. The largest absolute Gasteiger partial charge is 0.273 e. The molecule has 0 bridgehead atoms. The second kappa shape index (κ2) is 11.7. The summed E-state index contributed by atoms with van der Waals surface area (Å²) in [6, 6.07) is 16.0. The highest BCUT2D eigenvalue weighted by Crippen LogP contribution is 2.08. The smallest absolute Gasteiger partial charge is 0.240 e. The number of carbonyl (C=O) groups is 2. The van der Waals surface area contributed by atoms with E-state index in [4.69, 9.17) is 0 Å². The van der Waals surface area contributed by atoms with Crippen molar-refractivity contribution in [2.45, 2.75) is 53.4 Å². The lowest BCUT2D eigenvalue weighted by atomic mass is 10.1. The summed E-state index contributed by atoms with van der Waals surface area (Å²) in [4.78, 5) is 24.1. The third kappa shape index (κ3) is 7.28. The van der Waals surface area contributed by atoms with Crippen LogP contribution in [0.5, 0.6) is 0 Å². The van der Waals surface area contributed by atoms with Gasteiger partial charge in [0.2, 0.25) is 11.8 Å². The van der Waals surface area contributed by atoms with E-state index in [0.29, 0.717) is 12.8 Å². The van der Waals surface area contributed by atoms with Gasteiger partial charge in [-0.3, -0.25) is 9.59 Å². The van der Waals surface area contributed by atoms with Crippen molar-refractivity contribution in [1.82, 2.24) is 10.9 Å². The summed E-state index contributed by atoms with van der Waals surface area (Å²) in [5.74, 6) is -0.608. The minimum Gasteiger partial charge on any atom is -0.273 e. The number of hydrogen-bond acceptors (Lipinski definition) is 4. The summed E-state index contributed by atoms with van der Waals surface area (Å²) >= 11 is 0. The van der Waals surface area contributed by atoms with E-state index in [9.17, 15) is 9.59 Å². The van der Waals surface area contributed by atoms with Crippen LogP contribution in [-0.4, -0.2) is 23.2 Å². The molecule has 30 heavy (non-hydrogen) atoms. The highest BCUT2D eigenvalue weighted by Gasteiger charge is 2.08. The van der Waals surface area contributed by atoms with Crippen molar-refractivity contribution in [2.75, 3.05) is 0 Å². The molecule has 2 N–H and O–H groups in total. The molecule has 0 saturated carbocycles. The van der Waals surface area contributed by atoms with E-state index in [-0.39, 0.29) is 24.7 Å². The molecular formula is C24H30N4O2. The second-order valence-electron chi connectivity index (χ2n) is 7.13. The summed E-state index contributed by atoms with van der Waals surface area (Å²) in [6.07, 6.45) is 1.47. The fraction of sp³-hybridized carbons (Fsp3) is 0.333. The molecule has 2 aromatic rings. The molecule has 0 radical (unpaired) electrons. The molecule has 0 aliphatic carbocycles. The van der Waals surface area contributed by atoms with Crippen LogP contribution in [0.1, 0.15) is 61.8 Å². The Bertz CT molecular complexity index is 836. The Morgan fingerprint density at radius 1 is 0.667 bits per heavy atom. The third-order valence-electron chi connectivity index (χ3n) is 4.65. The number of carbonyl (C=O) groups excluding carboxylic acids is 2. The van der Waals surface area contributed by atoms with Crippen molar-refractivity contribution in [1.29, 1.82) is 0 Å². The minimum absolute atomic E-state index is 0.0434. The first-order chi connectivity index (χ1) is 14.4. The van der Waals surface area contributed by atoms with Gasteiger partial charge >= 0.3 is 0 Å². The quantitative estimate of drug-likeness (QED) is 0.482. The Hall–Kier alpha value is -3.28. The minimum atomic E-state index is -0.304. The predicted octanol–water partition coefficient (Wildman–Crippen LogP) is 4.24. The average molecular weight is 407 g/mol. The Kier molecular flexibility index (Phi) is 8.94. The number of benzene rings is 2. The molecule has 158 valence electrons. The van der Waals surface area contributed by atoms with Crippen molar-refractivity contribution in [3.05, 3.63) is 70.8 Å². The summed E-state index contributed by atoms with van der Waals surface area (Å²) < 4.78 is 0. The van der Waals surface area contributed by atoms with E-state index in [1.165, 1.54) is 11.1 Å². The van der Waals surface area contributed by atoms with E-state index >= 15 is 0 Å². The number of amides is 2. The van der Waals surface area contributed by atoms with Gasteiger partial charge in [0.25, 0.3) is 0 Å². The van der Waals surface area contributed by atoms with Gasteiger partial charge < -0.3 is 0 Å². The fourth-order valence-electron chi connectivity index (χ4n) is 2.79. The third-order valence-corrected chi connectivity index (χ3v) is 4.65. The van der Waals surface area contributed by atoms with Crippen LogP contribution < -0.4 is 10.9 Å². The molecule has 0 aliphatic rings. The van der Waals surface area contributed by atoms with Crippen molar-refractivity contribution in [3.8, 4) is 0 Å². The van der Waals surface area contributed by atoms with Gasteiger partial charge in [-0.2, -0.15) is 10.2 Å². The van der Waals surface area contributed by atoms with Crippen LogP contribution in [0.2, 0.25) is 0 Å². The molecule has 0 spiro atoms. The van der Waals surface area contributed by atoms with Crippen molar-refractivity contribution < 1.29 is 9.59 Å². The fourth-order valence-corrected chi connectivity index (χ4v) is 2.79. The molecule has 2 amide bonds. The van der Waals surface area contributed by atoms with Gasteiger partial charge in [0.15, 0.2) is 0 Å². The van der Waals surface area contributed by atoms with Gasteiger partial charge in [-0.15, -0.1) is 0 Å². The van der Waals surface area contributed by atoms with E-state index < -0.39 is 0 Å². The summed E-state index contributed by atoms with van der Waals surface area (Å²) in [7, 11) is 0. The SMILES string of the molecule is CCC(=NNC(=O)CCC(=O)NN=C(CC)c1ccc(C)cc1)c1ccc(C)cc1. The standard InChI is InChI=1S/C24H30N4O2/c1-5-21(19-11-7-17(3)8-12-19)25-27-23(29)15-16-24(30)28-26-22(6-2)20-13-9-18(4)10-14-20/h7-14H,5-6,15-16H2,1-4H3,(H,27,29)(H,28,30). The van der Waals surface area contributed by atoms with Gasteiger partial charge in [-0.25, -0.2) is 10.9 Å². The number of aryl methyl sites for hydroxylation is 2. The van der Waals surface area contributed by atoms with Crippen LogP contribution in [0, 0.1) is 13.8 Å². The Morgan fingerprint density at radius 3 is 1.30 bits per heavy atom. The van der Waals surface area contributed by atoms with Gasteiger partial charge in [0.1, 0.15) is 0 Å². The van der Waals surface area contributed by atoms with Crippen LogP contribution in [-0.2, 0) is 9.59 Å². The van der Waals surface area contributed by atoms with Crippen LogP contribution in [0.15, 0.2) is 58.7 Å². The molecule has 0 atom stereocenters. The van der Waals surface area contributed by atoms with Crippen molar-refractivity contribution in [2.24, 2.45) is 10.2 Å². The number of rotatable bonds is 9. The topological polar surface area (TPSA) is 82.9 Å². The molecule has 6 heteroatoms. The number of hydrogen-bond donors (Lipinski definition) is 2. The maximum Gasteiger partial charge on any atom is 0.240 e. The second-order valence-corrected chi connectivity index (χ2v) is 7.13. The lowest BCUT2D eigenvalue weighted by Gasteiger charge is -2.07. The van der Waals surface area contributed by atoms with Gasteiger partial charge in [0.05, 0.1) is 11.4 Å². The van der Waals surface area contributed by atoms with Crippen LogP contribution in [0.4, 0.5) is 0 Å². The zero-order valence-corrected chi connectivity index (χ0v) is 18.2. The summed E-state index contributed by atoms with van der Waals surface area (Å²) in [6.45, 7) is 8.01. The zero-order valence-electron chi connectivity index (χ0n) is 18.2. The van der Waals surface area contributed by atoms with Crippen LogP contribution in [0.3, 0.4) is 0 Å². The Balaban J connectivity index is 1.85. The first-order valence-electron chi connectivity index (χ1n) is 10.3. The first-order valence-corrected chi connectivity index (χ1v) is 10.3. The number of nitrogens with zero attached hydrogens (tertiary/aromatic N) is 2. The van der Waals surface area contributed by atoms with Gasteiger partial charge in [-0.1, -0.05) is 73.5 Å².